The second-order valence-corrected chi connectivity index (χ2v) is 5.22. The zero-order chi connectivity index (χ0) is 17.9. The lowest BCUT2D eigenvalue weighted by Gasteiger charge is -2.13. The van der Waals surface area contributed by atoms with Crippen LogP contribution in [-0.2, 0) is 0 Å². The molecule has 126 valence electrons. The van der Waals surface area contributed by atoms with Crippen LogP contribution in [0.15, 0.2) is 30.3 Å². The summed E-state index contributed by atoms with van der Waals surface area (Å²) in [5.74, 6) is 0.633. The van der Waals surface area contributed by atoms with Crippen molar-refractivity contribution >= 4 is 17.3 Å². The molecular formula is C17H18N2O5. The number of nitro benzene ring substituents is 1. The lowest BCUT2D eigenvalue weighted by Crippen LogP contribution is -2.13. The van der Waals surface area contributed by atoms with Crippen LogP contribution in [0.25, 0.3) is 0 Å². The van der Waals surface area contributed by atoms with E-state index in [2.05, 4.69) is 5.32 Å². The number of aryl methyl sites for hydroxylation is 1. The van der Waals surface area contributed by atoms with E-state index in [1.54, 1.807) is 31.2 Å². The zero-order valence-electron chi connectivity index (χ0n) is 13.9. The van der Waals surface area contributed by atoms with E-state index in [4.69, 9.17) is 9.47 Å². The van der Waals surface area contributed by atoms with Crippen LogP contribution in [0.4, 0.5) is 11.4 Å². The third-order valence-corrected chi connectivity index (χ3v) is 3.68. The van der Waals surface area contributed by atoms with Crippen molar-refractivity contribution in [3.63, 3.8) is 0 Å². The molecule has 0 saturated heterocycles. The van der Waals surface area contributed by atoms with Crippen LogP contribution >= 0.6 is 0 Å². The molecule has 0 aliphatic heterocycles. The van der Waals surface area contributed by atoms with Crippen LogP contribution < -0.4 is 14.8 Å². The molecule has 0 unspecified atom stereocenters. The number of nitrogens with one attached hydrogen (secondary N) is 1. The molecule has 7 heteroatoms. The highest BCUT2D eigenvalue weighted by molar-refractivity contribution is 6.05. The van der Waals surface area contributed by atoms with Gasteiger partial charge in [0.1, 0.15) is 11.5 Å². The van der Waals surface area contributed by atoms with Gasteiger partial charge in [0.25, 0.3) is 11.6 Å². The van der Waals surface area contributed by atoms with Gasteiger partial charge in [0.05, 0.1) is 19.1 Å². The van der Waals surface area contributed by atoms with E-state index < -0.39 is 10.8 Å². The van der Waals surface area contributed by atoms with Crippen LogP contribution in [0.1, 0.15) is 21.5 Å². The Kier molecular flexibility index (Phi) is 5.03. The minimum Gasteiger partial charge on any atom is -0.496 e. The van der Waals surface area contributed by atoms with Gasteiger partial charge in [-0.2, -0.15) is 0 Å². The molecular weight excluding hydrogens is 312 g/mol. The van der Waals surface area contributed by atoms with Gasteiger partial charge in [-0.25, -0.2) is 0 Å². The third-order valence-electron chi connectivity index (χ3n) is 3.68. The van der Waals surface area contributed by atoms with Crippen LogP contribution in [0, 0.1) is 24.0 Å². The molecule has 2 aromatic rings. The maximum Gasteiger partial charge on any atom is 0.274 e. The average Bonchev–Trinajstić information content (AvgIpc) is 2.56. The maximum atomic E-state index is 12.4. The Labute approximate surface area is 139 Å². The fourth-order valence-electron chi connectivity index (χ4n) is 2.30. The Morgan fingerprint density at radius 3 is 2.17 bits per heavy atom. The highest BCUT2D eigenvalue weighted by Crippen LogP contribution is 2.30. The number of anilines is 1. The first-order valence-corrected chi connectivity index (χ1v) is 7.16. The number of methoxy groups -OCH3 is 2. The molecule has 0 atom stereocenters. The molecule has 0 aliphatic rings. The van der Waals surface area contributed by atoms with E-state index in [-0.39, 0.29) is 5.69 Å². The number of benzene rings is 2. The number of carbonyl (C=O) groups excluding carboxylic acids is 1. The lowest BCUT2D eigenvalue weighted by atomic mass is 10.1. The van der Waals surface area contributed by atoms with E-state index in [9.17, 15) is 14.9 Å². The molecule has 0 saturated carbocycles. The van der Waals surface area contributed by atoms with Gasteiger partial charge >= 0.3 is 0 Å². The first-order valence-electron chi connectivity index (χ1n) is 7.16. The van der Waals surface area contributed by atoms with Crippen molar-refractivity contribution in [1.29, 1.82) is 0 Å². The Bertz CT molecular complexity index is 777. The van der Waals surface area contributed by atoms with Gasteiger partial charge in [0, 0.05) is 28.4 Å². The van der Waals surface area contributed by atoms with Crippen molar-refractivity contribution < 1.29 is 19.2 Å². The Morgan fingerprint density at radius 1 is 1.08 bits per heavy atom. The second kappa shape index (κ2) is 6.99. The number of rotatable bonds is 5. The number of nitrogens with zero attached hydrogens (tertiary/aromatic N) is 1. The number of hydrogen-bond donors (Lipinski definition) is 1. The summed E-state index contributed by atoms with van der Waals surface area (Å²) in [6.45, 7) is 3.46. The van der Waals surface area contributed by atoms with E-state index >= 15 is 0 Å². The minimum atomic E-state index is -0.483. The van der Waals surface area contributed by atoms with Crippen LogP contribution in [-0.4, -0.2) is 25.1 Å². The van der Waals surface area contributed by atoms with Crippen LogP contribution in [0.5, 0.6) is 11.5 Å². The predicted octanol–water partition coefficient (Wildman–Crippen LogP) is 3.48. The summed E-state index contributed by atoms with van der Waals surface area (Å²) in [6, 6.07) is 7.72. The van der Waals surface area contributed by atoms with Crippen molar-refractivity contribution in [2.75, 3.05) is 19.5 Å². The smallest absolute Gasteiger partial charge is 0.274 e. The van der Waals surface area contributed by atoms with Crippen molar-refractivity contribution in [2.24, 2.45) is 0 Å². The normalized spacial score (nSPS) is 10.2. The summed E-state index contributed by atoms with van der Waals surface area (Å²) in [5.41, 5.74) is 1.93. The zero-order valence-corrected chi connectivity index (χ0v) is 13.9. The Morgan fingerprint density at radius 2 is 1.67 bits per heavy atom. The fraction of sp³-hybridized carbons (Fsp3) is 0.235. The molecule has 0 aliphatic carbocycles. The second-order valence-electron chi connectivity index (χ2n) is 5.22. The Balaban J connectivity index is 2.33. The number of amides is 1. The molecule has 0 fully saturated rings. The monoisotopic (exact) mass is 330 g/mol. The highest BCUT2D eigenvalue weighted by Gasteiger charge is 2.16. The van der Waals surface area contributed by atoms with Gasteiger partial charge in [-0.15, -0.1) is 0 Å². The van der Waals surface area contributed by atoms with Crippen molar-refractivity contribution in [1.82, 2.24) is 0 Å². The summed E-state index contributed by atoms with van der Waals surface area (Å²) in [5, 5.41) is 13.6. The molecule has 2 rings (SSSR count). The first-order chi connectivity index (χ1) is 11.4. The van der Waals surface area contributed by atoms with Gasteiger partial charge in [0.15, 0.2) is 0 Å². The van der Waals surface area contributed by atoms with Gasteiger partial charge in [-0.05, 0) is 32.0 Å². The SMILES string of the molecule is COc1cc(C(=O)Nc2ccc(C)c([N+](=O)[O-])c2)cc(OC)c1C. The van der Waals surface area contributed by atoms with Gasteiger partial charge < -0.3 is 14.8 Å². The summed E-state index contributed by atoms with van der Waals surface area (Å²) >= 11 is 0. The minimum absolute atomic E-state index is 0.0492. The molecule has 24 heavy (non-hydrogen) atoms. The van der Waals surface area contributed by atoms with Crippen molar-refractivity contribution in [3.8, 4) is 11.5 Å². The molecule has 0 heterocycles. The van der Waals surface area contributed by atoms with Gasteiger partial charge in [0.2, 0.25) is 0 Å². The van der Waals surface area contributed by atoms with Crippen LogP contribution in [0.2, 0.25) is 0 Å². The third kappa shape index (κ3) is 3.45. The van der Waals surface area contributed by atoms with E-state index in [0.717, 1.165) is 5.56 Å². The van der Waals surface area contributed by atoms with E-state index in [1.807, 2.05) is 6.92 Å². The molecule has 2 aromatic carbocycles. The predicted molar refractivity (Wildman–Crippen MR) is 90.1 cm³/mol. The topological polar surface area (TPSA) is 90.7 Å². The quantitative estimate of drug-likeness (QED) is 0.669. The van der Waals surface area contributed by atoms with Crippen molar-refractivity contribution in [3.05, 3.63) is 57.1 Å². The summed E-state index contributed by atoms with van der Waals surface area (Å²) in [7, 11) is 3.01. The maximum absolute atomic E-state index is 12.4. The molecule has 1 amide bonds. The summed E-state index contributed by atoms with van der Waals surface area (Å²) in [6.07, 6.45) is 0. The number of ether oxygens (including phenoxy) is 2. The first kappa shape index (κ1) is 17.3. The van der Waals surface area contributed by atoms with Crippen molar-refractivity contribution in [2.45, 2.75) is 13.8 Å². The van der Waals surface area contributed by atoms with Gasteiger partial charge in [-0.3, -0.25) is 14.9 Å². The van der Waals surface area contributed by atoms with Crippen LogP contribution in [0.3, 0.4) is 0 Å². The van der Waals surface area contributed by atoms with E-state index in [1.165, 1.54) is 20.3 Å². The fourth-order valence-corrected chi connectivity index (χ4v) is 2.30. The molecule has 0 radical (unpaired) electrons. The Hall–Kier alpha value is -3.09. The largest absolute Gasteiger partial charge is 0.496 e. The number of nitro groups is 1. The number of hydrogen-bond acceptors (Lipinski definition) is 5. The molecule has 0 spiro atoms. The molecule has 1 N–H and O–H groups in total. The van der Waals surface area contributed by atoms with Gasteiger partial charge in [-0.1, -0.05) is 6.07 Å². The highest BCUT2D eigenvalue weighted by atomic mass is 16.6. The van der Waals surface area contributed by atoms with E-state index in [0.29, 0.717) is 28.3 Å². The molecule has 0 bridgehead atoms. The lowest BCUT2D eigenvalue weighted by molar-refractivity contribution is -0.385. The molecule has 0 aromatic heterocycles. The molecule has 7 nitrogen and oxygen atoms in total. The summed E-state index contributed by atoms with van der Waals surface area (Å²) < 4.78 is 10.5. The average molecular weight is 330 g/mol. The summed E-state index contributed by atoms with van der Waals surface area (Å²) in [4.78, 5) is 22.9. The standard InChI is InChI=1S/C17H18N2O5/c1-10-5-6-13(9-14(10)19(21)22)18-17(20)12-7-15(23-3)11(2)16(8-12)24-4/h5-9H,1-4H3,(H,18,20). The number of carbonyl (C=O) groups is 1.